The number of carbonyl (C=O) groups excluding carboxylic acids is 1. The van der Waals surface area contributed by atoms with Gasteiger partial charge in [-0.25, -0.2) is 14.5 Å². The third-order valence-electron chi connectivity index (χ3n) is 6.54. The Hall–Kier alpha value is -4.45. The van der Waals surface area contributed by atoms with Gasteiger partial charge in [0.2, 0.25) is 0 Å². The third kappa shape index (κ3) is 7.40. The van der Waals surface area contributed by atoms with Crippen LogP contribution in [-0.2, 0) is 6.42 Å². The normalized spacial score (nSPS) is 16.1. The molecule has 0 saturated heterocycles. The first-order chi connectivity index (χ1) is 19.7. The summed E-state index contributed by atoms with van der Waals surface area (Å²) in [6.07, 6.45) is -0.526. The second-order valence-corrected chi connectivity index (χ2v) is 9.99. The second kappa shape index (κ2) is 12.0. The van der Waals surface area contributed by atoms with Gasteiger partial charge in [0, 0.05) is 23.2 Å². The number of rotatable bonds is 8. The SMILES string of the molecule is CCCc1ccccc1NC(=S)NC(=O)NC1CC1c1ccc(-c2ncn(-c3ccc(OC(F)(F)F)cc3)n2)cc1. The topological polar surface area (TPSA) is 93.1 Å². The zero-order valence-corrected chi connectivity index (χ0v) is 22.8. The van der Waals surface area contributed by atoms with Gasteiger partial charge in [0.1, 0.15) is 12.1 Å². The Labute approximate surface area is 239 Å². The van der Waals surface area contributed by atoms with Crippen molar-refractivity contribution >= 4 is 29.0 Å². The lowest BCUT2D eigenvalue weighted by Gasteiger charge is -2.13. The van der Waals surface area contributed by atoms with Crippen molar-refractivity contribution in [3.63, 3.8) is 0 Å². The van der Waals surface area contributed by atoms with Crippen LogP contribution in [0.5, 0.6) is 5.75 Å². The minimum Gasteiger partial charge on any atom is -0.406 e. The number of hydrogen-bond acceptors (Lipinski definition) is 5. The van der Waals surface area contributed by atoms with Gasteiger partial charge in [0.25, 0.3) is 0 Å². The van der Waals surface area contributed by atoms with E-state index in [9.17, 15) is 18.0 Å². The zero-order chi connectivity index (χ0) is 29.0. The summed E-state index contributed by atoms with van der Waals surface area (Å²) in [5.41, 5.74) is 4.43. The van der Waals surface area contributed by atoms with E-state index in [4.69, 9.17) is 12.2 Å². The average molecular weight is 581 g/mol. The highest BCUT2D eigenvalue weighted by Crippen LogP contribution is 2.41. The molecule has 41 heavy (non-hydrogen) atoms. The quantitative estimate of drug-likeness (QED) is 0.211. The smallest absolute Gasteiger partial charge is 0.406 e. The molecule has 1 heterocycles. The van der Waals surface area contributed by atoms with Gasteiger partial charge in [0.15, 0.2) is 10.9 Å². The number of halogens is 3. The molecule has 2 amide bonds. The number of urea groups is 1. The molecule has 0 spiro atoms. The van der Waals surface area contributed by atoms with Crippen LogP contribution in [-0.4, -0.2) is 38.3 Å². The summed E-state index contributed by atoms with van der Waals surface area (Å²) in [4.78, 5) is 16.8. The largest absolute Gasteiger partial charge is 0.573 e. The number of nitrogens with zero attached hydrogens (tertiary/aromatic N) is 3. The molecule has 3 aromatic carbocycles. The number of alkyl halides is 3. The van der Waals surface area contributed by atoms with E-state index in [1.54, 1.807) is 0 Å². The summed E-state index contributed by atoms with van der Waals surface area (Å²) in [6, 6.07) is 20.6. The van der Waals surface area contributed by atoms with E-state index in [0.29, 0.717) is 11.5 Å². The first-order valence-corrected chi connectivity index (χ1v) is 13.4. The lowest BCUT2D eigenvalue weighted by Crippen LogP contribution is -2.42. The molecule has 2 unspecified atom stereocenters. The van der Waals surface area contributed by atoms with Crippen molar-refractivity contribution in [1.82, 2.24) is 25.4 Å². The van der Waals surface area contributed by atoms with Crippen molar-refractivity contribution < 1.29 is 22.7 Å². The number of amides is 2. The van der Waals surface area contributed by atoms with Crippen molar-refractivity contribution in [1.29, 1.82) is 0 Å². The van der Waals surface area contributed by atoms with E-state index in [1.165, 1.54) is 35.3 Å². The average Bonchev–Trinajstić information content (AvgIpc) is 3.51. The Balaban J connectivity index is 1.12. The van der Waals surface area contributed by atoms with Gasteiger partial charge in [-0.3, -0.25) is 5.32 Å². The number of carbonyl (C=O) groups is 1. The number of benzene rings is 3. The molecule has 212 valence electrons. The number of nitrogens with one attached hydrogen (secondary N) is 3. The molecule has 1 aliphatic carbocycles. The predicted molar refractivity (Wildman–Crippen MR) is 153 cm³/mol. The summed E-state index contributed by atoms with van der Waals surface area (Å²) in [5, 5.41) is 13.4. The molecular formula is C29H27F3N6O2S. The lowest BCUT2D eigenvalue weighted by molar-refractivity contribution is -0.274. The molecule has 0 radical (unpaired) electrons. The zero-order valence-electron chi connectivity index (χ0n) is 22.0. The van der Waals surface area contributed by atoms with E-state index in [-0.39, 0.29) is 28.9 Å². The van der Waals surface area contributed by atoms with Gasteiger partial charge >= 0.3 is 12.4 Å². The van der Waals surface area contributed by atoms with E-state index < -0.39 is 6.36 Å². The number of aromatic nitrogens is 3. The van der Waals surface area contributed by atoms with Gasteiger partial charge in [-0.15, -0.1) is 18.3 Å². The molecule has 1 fully saturated rings. The van der Waals surface area contributed by atoms with E-state index in [2.05, 4.69) is 37.7 Å². The molecule has 1 saturated carbocycles. The van der Waals surface area contributed by atoms with Gasteiger partial charge in [-0.05, 0) is 66.5 Å². The van der Waals surface area contributed by atoms with Gasteiger partial charge in [0.05, 0.1) is 5.69 Å². The number of anilines is 1. The molecule has 1 aromatic heterocycles. The predicted octanol–water partition coefficient (Wildman–Crippen LogP) is 6.34. The summed E-state index contributed by atoms with van der Waals surface area (Å²) >= 11 is 5.33. The minimum absolute atomic E-state index is 0.00217. The number of hydrogen-bond donors (Lipinski definition) is 3. The standard InChI is InChI=1S/C29H27F3N6O2S/c1-2-5-19-6-3-4-7-24(19)35-28(41)36-27(39)34-25-16-23(25)18-8-10-20(11-9-18)26-33-17-38(37-26)21-12-14-22(15-13-21)40-29(30,31)32/h3-4,6-15,17,23,25H,2,5,16H2,1H3,(H3,34,35,36,39,41). The van der Waals surface area contributed by atoms with Crippen molar-refractivity contribution in [2.75, 3.05) is 5.32 Å². The van der Waals surface area contributed by atoms with Gasteiger partial charge in [-0.2, -0.15) is 0 Å². The number of aryl methyl sites for hydroxylation is 1. The third-order valence-corrected chi connectivity index (χ3v) is 6.75. The van der Waals surface area contributed by atoms with Gasteiger partial charge < -0.3 is 15.4 Å². The maximum atomic E-state index is 12.5. The number of para-hydroxylation sites is 1. The summed E-state index contributed by atoms with van der Waals surface area (Å²) in [6.45, 7) is 2.11. The van der Waals surface area contributed by atoms with Crippen LogP contribution in [0.3, 0.4) is 0 Å². The van der Waals surface area contributed by atoms with Crippen molar-refractivity contribution in [2.24, 2.45) is 0 Å². The van der Waals surface area contributed by atoms with Crippen molar-refractivity contribution in [2.45, 2.75) is 44.5 Å². The summed E-state index contributed by atoms with van der Waals surface area (Å²) in [7, 11) is 0. The first kappa shape index (κ1) is 28.1. The number of ether oxygens (including phenoxy) is 1. The maximum Gasteiger partial charge on any atom is 0.573 e. The number of thiocarbonyl (C=S) groups is 1. The molecule has 3 N–H and O–H groups in total. The van der Waals surface area contributed by atoms with E-state index in [0.717, 1.165) is 41.6 Å². The summed E-state index contributed by atoms with van der Waals surface area (Å²) < 4.78 is 42.5. The Morgan fingerprint density at radius 2 is 1.80 bits per heavy atom. The highest BCUT2D eigenvalue weighted by atomic mass is 32.1. The van der Waals surface area contributed by atoms with Crippen molar-refractivity contribution in [3.05, 3.63) is 90.3 Å². The Kier molecular flexibility index (Phi) is 8.20. The molecule has 4 aromatic rings. The molecule has 8 nitrogen and oxygen atoms in total. The molecule has 1 aliphatic rings. The fourth-order valence-corrected chi connectivity index (χ4v) is 4.72. The molecule has 2 atom stereocenters. The monoisotopic (exact) mass is 580 g/mol. The lowest BCUT2D eigenvalue weighted by atomic mass is 10.1. The minimum atomic E-state index is -4.75. The molecule has 5 rings (SSSR count). The highest BCUT2D eigenvalue weighted by molar-refractivity contribution is 7.80. The Morgan fingerprint density at radius 1 is 1.07 bits per heavy atom. The molecular weight excluding hydrogens is 553 g/mol. The Morgan fingerprint density at radius 3 is 2.51 bits per heavy atom. The second-order valence-electron chi connectivity index (χ2n) is 9.58. The van der Waals surface area contributed by atoms with Crippen LogP contribution < -0.4 is 20.7 Å². The maximum absolute atomic E-state index is 12.5. The van der Waals surface area contributed by atoms with Crippen LogP contribution in [0.25, 0.3) is 17.1 Å². The van der Waals surface area contributed by atoms with Crippen LogP contribution in [0.15, 0.2) is 79.1 Å². The molecule has 0 bridgehead atoms. The van der Waals surface area contributed by atoms with Gasteiger partial charge in [-0.1, -0.05) is 55.8 Å². The first-order valence-electron chi connectivity index (χ1n) is 13.0. The van der Waals surface area contributed by atoms with E-state index >= 15 is 0 Å². The fourth-order valence-electron chi connectivity index (χ4n) is 4.51. The van der Waals surface area contributed by atoms with Crippen LogP contribution in [0.4, 0.5) is 23.7 Å². The summed E-state index contributed by atoms with van der Waals surface area (Å²) in [5.74, 6) is 0.346. The molecule has 0 aliphatic heterocycles. The van der Waals surface area contributed by atoms with Crippen LogP contribution in [0.1, 0.15) is 36.8 Å². The molecule has 12 heteroatoms. The fraction of sp³-hybridized carbons (Fsp3) is 0.241. The highest BCUT2D eigenvalue weighted by Gasteiger charge is 2.39. The van der Waals surface area contributed by atoms with Crippen molar-refractivity contribution in [3.8, 4) is 22.8 Å². The van der Waals surface area contributed by atoms with Crippen LogP contribution in [0.2, 0.25) is 0 Å². The van der Waals surface area contributed by atoms with E-state index in [1.807, 2.05) is 48.5 Å². The Bertz CT molecular complexity index is 1520. The van der Waals surface area contributed by atoms with Crippen LogP contribution in [0, 0.1) is 0 Å². The van der Waals surface area contributed by atoms with Crippen LogP contribution >= 0.6 is 12.2 Å².